The third kappa shape index (κ3) is 5.28. The Bertz CT molecular complexity index is 999. The van der Waals surface area contributed by atoms with Gasteiger partial charge in [0.1, 0.15) is 11.6 Å². The summed E-state index contributed by atoms with van der Waals surface area (Å²) in [6.07, 6.45) is -1.37. The Balaban J connectivity index is 1.93. The standard InChI is InChI=1S/C23H19F4NO/c1-15-4-2-6-17(10-15)20(13-19(29)11-16-5-3-9-28-14-16)18-7-8-21(22(24)12-18)23(25,26)27/h2-10,12,14,20H,11,13H2,1H3/t20-/m1/s1. The number of rotatable bonds is 6. The van der Waals surface area contributed by atoms with E-state index < -0.39 is 23.5 Å². The lowest BCUT2D eigenvalue weighted by Crippen LogP contribution is -2.13. The van der Waals surface area contributed by atoms with Crippen molar-refractivity contribution in [3.05, 3.63) is 101 Å². The van der Waals surface area contributed by atoms with Gasteiger partial charge in [-0.3, -0.25) is 9.78 Å². The fraction of sp³-hybridized carbons (Fsp3) is 0.217. The third-order valence-electron chi connectivity index (χ3n) is 4.70. The molecule has 0 N–H and O–H groups in total. The number of carbonyl (C=O) groups excluding carboxylic acids is 1. The molecule has 2 aromatic carbocycles. The summed E-state index contributed by atoms with van der Waals surface area (Å²) in [5.74, 6) is -1.99. The van der Waals surface area contributed by atoms with Gasteiger partial charge in [0, 0.05) is 31.2 Å². The Morgan fingerprint density at radius 2 is 1.79 bits per heavy atom. The summed E-state index contributed by atoms with van der Waals surface area (Å²) >= 11 is 0. The maximum Gasteiger partial charge on any atom is 0.419 e. The molecule has 0 fully saturated rings. The van der Waals surface area contributed by atoms with Crippen molar-refractivity contribution in [1.29, 1.82) is 0 Å². The van der Waals surface area contributed by atoms with Crippen LogP contribution in [0.15, 0.2) is 67.0 Å². The monoisotopic (exact) mass is 401 g/mol. The Hall–Kier alpha value is -3.02. The zero-order chi connectivity index (χ0) is 21.0. The van der Waals surface area contributed by atoms with Gasteiger partial charge in [0.05, 0.1) is 5.56 Å². The van der Waals surface area contributed by atoms with Crippen molar-refractivity contribution in [3.8, 4) is 0 Å². The number of benzene rings is 2. The maximum absolute atomic E-state index is 14.2. The second kappa shape index (κ2) is 8.55. The average Bonchev–Trinajstić information content (AvgIpc) is 2.66. The van der Waals surface area contributed by atoms with Gasteiger partial charge in [0.2, 0.25) is 0 Å². The van der Waals surface area contributed by atoms with Crippen molar-refractivity contribution in [2.24, 2.45) is 0 Å². The van der Waals surface area contributed by atoms with Gasteiger partial charge < -0.3 is 0 Å². The van der Waals surface area contributed by atoms with Crippen LogP contribution in [-0.4, -0.2) is 10.8 Å². The zero-order valence-corrected chi connectivity index (χ0v) is 15.7. The summed E-state index contributed by atoms with van der Waals surface area (Å²) in [7, 11) is 0. The minimum Gasteiger partial charge on any atom is -0.299 e. The number of halogens is 4. The molecule has 0 aliphatic heterocycles. The van der Waals surface area contributed by atoms with E-state index in [2.05, 4.69) is 4.98 Å². The van der Waals surface area contributed by atoms with E-state index >= 15 is 0 Å². The van der Waals surface area contributed by atoms with Crippen LogP contribution in [0.3, 0.4) is 0 Å². The second-order valence-corrected chi connectivity index (χ2v) is 6.98. The van der Waals surface area contributed by atoms with Gasteiger partial charge in [0.15, 0.2) is 0 Å². The first-order chi connectivity index (χ1) is 13.7. The summed E-state index contributed by atoms with van der Waals surface area (Å²) in [6.45, 7) is 1.88. The molecule has 1 atom stereocenters. The molecule has 0 spiro atoms. The Kier molecular flexibility index (Phi) is 6.11. The van der Waals surface area contributed by atoms with Crippen LogP contribution in [0.2, 0.25) is 0 Å². The number of pyridine rings is 1. The molecule has 0 unspecified atom stereocenters. The predicted octanol–water partition coefficient (Wildman–Crippen LogP) is 5.88. The van der Waals surface area contributed by atoms with Crippen LogP contribution < -0.4 is 0 Å². The van der Waals surface area contributed by atoms with E-state index in [4.69, 9.17) is 0 Å². The van der Waals surface area contributed by atoms with Gasteiger partial charge >= 0.3 is 6.18 Å². The number of aromatic nitrogens is 1. The van der Waals surface area contributed by atoms with E-state index in [1.807, 2.05) is 25.1 Å². The summed E-state index contributed by atoms with van der Waals surface area (Å²) in [5, 5.41) is 0. The quantitative estimate of drug-likeness (QED) is 0.483. The molecule has 2 nitrogen and oxygen atoms in total. The van der Waals surface area contributed by atoms with Gasteiger partial charge in [-0.15, -0.1) is 0 Å². The molecule has 29 heavy (non-hydrogen) atoms. The largest absolute Gasteiger partial charge is 0.419 e. The highest BCUT2D eigenvalue weighted by atomic mass is 19.4. The normalized spacial score (nSPS) is 12.6. The van der Waals surface area contributed by atoms with Gasteiger partial charge in [-0.25, -0.2) is 4.39 Å². The second-order valence-electron chi connectivity index (χ2n) is 6.98. The number of hydrogen-bond acceptors (Lipinski definition) is 2. The predicted molar refractivity (Wildman–Crippen MR) is 102 cm³/mol. The average molecular weight is 401 g/mol. The number of nitrogens with zero attached hydrogens (tertiary/aromatic N) is 1. The Morgan fingerprint density at radius 1 is 1.03 bits per heavy atom. The highest BCUT2D eigenvalue weighted by molar-refractivity contribution is 5.82. The van der Waals surface area contributed by atoms with Gasteiger partial charge in [-0.2, -0.15) is 13.2 Å². The molecule has 3 aromatic rings. The SMILES string of the molecule is Cc1cccc([C@@H](CC(=O)Cc2cccnc2)c2ccc(C(F)(F)F)c(F)c2)c1. The number of Topliss-reactive ketones (excluding diaryl/α,β-unsaturated/α-hetero) is 1. The van der Waals surface area contributed by atoms with E-state index in [0.29, 0.717) is 5.56 Å². The molecule has 0 aliphatic carbocycles. The van der Waals surface area contributed by atoms with Gasteiger partial charge in [-0.05, 0) is 41.8 Å². The van der Waals surface area contributed by atoms with Gasteiger partial charge in [-0.1, -0.05) is 42.0 Å². The molecule has 0 aliphatic rings. The van der Waals surface area contributed by atoms with Crippen molar-refractivity contribution in [1.82, 2.24) is 4.98 Å². The molecule has 0 saturated carbocycles. The highest BCUT2D eigenvalue weighted by Gasteiger charge is 2.34. The molecule has 3 rings (SSSR count). The van der Waals surface area contributed by atoms with Crippen molar-refractivity contribution < 1.29 is 22.4 Å². The van der Waals surface area contributed by atoms with Crippen molar-refractivity contribution in [2.75, 3.05) is 0 Å². The molecule has 0 saturated heterocycles. The summed E-state index contributed by atoms with van der Waals surface area (Å²) < 4.78 is 52.9. The van der Waals surface area contributed by atoms with Crippen LogP contribution in [0.4, 0.5) is 17.6 Å². The molecule has 0 amide bonds. The molecule has 0 radical (unpaired) electrons. The van der Waals surface area contributed by atoms with Crippen LogP contribution in [0.1, 0.15) is 40.2 Å². The number of hydrogen-bond donors (Lipinski definition) is 0. The zero-order valence-electron chi connectivity index (χ0n) is 15.7. The number of ketones is 1. The molecule has 6 heteroatoms. The topological polar surface area (TPSA) is 30.0 Å². The molecule has 0 bridgehead atoms. The molecule has 1 heterocycles. The van der Waals surface area contributed by atoms with E-state index in [0.717, 1.165) is 28.8 Å². The Morgan fingerprint density at radius 3 is 2.41 bits per heavy atom. The lowest BCUT2D eigenvalue weighted by Gasteiger charge is -2.19. The molecular weight excluding hydrogens is 382 g/mol. The third-order valence-corrected chi connectivity index (χ3v) is 4.70. The van der Waals surface area contributed by atoms with Gasteiger partial charge in [0.25, 0.3) is 0 Å². The molecular formula is C23H19F4NO. The lowest BCUT2D eigenvalue weighted by molar-refractivity contribution is -0.140. The highest BCUT2D eigenvalue weighted by Crippen LogP contribution is 2.35. The van der Waals surface area contributed by atoms with Crippen molar-refractivity contribution in [2.45, 2.75) is 31.9 Å². The Labute approximate surface area is 166 Å². The number of aryl methyl sites for hydroxylation is 1. The van der Waals surface area contributed by atoms with E-state index in [-0.39, 0.29) is 18.6 Å². The van der Waals surface area contributed by atoms with Crippen LogP contribution in [-0.2, 0) is 17.4 Å². The maximum atomic E-state index is 14.2. The summed E-state index contributed by atoms with van der Waals surface area (Å²) in [5.41, 5.74) is 1.47. The van der Waals surface area contributed by atoms with E-state index in [1.165, 1.54) is 6.07 Å². The first-order valence-corrected chi connectivity index (χ1v) is 9.08. The number of carbonyl (C=O) groups is 1. The first kappa shape index (κ1) is 20.7. The molecule has 150 valence electrons. The van der Waals surface area contributed by atoms with Crippen molar-refractivity contribution in [3.63, 3.8) is 0 Å². The minimum absolute atomic E-state index is 0.0448. The lowest BCUT2D eigenvalue weighted by atomic mass is 9.85. The fourth-order valence-electron chi connectivity index (χ4n) is 3.32. The fourth-order valence-corrected chi connectivity index (χ4v) is 3.32. The van der Waals surface area contributed by atoms with Crippen molar-refractivity contribution >= 4 is 5.78 Å². The van der Waals surface area contributed by atoms with E-state index in [9.17, 15) is 22.4 Å². The molecule has 1 aromatic heterocycles. The van der Waals surface area contributed by atoms with Crippen LogP contribution in [0.5, 0.6) is 0 Å². The first-order valence-electron chi connectivity index (χ1n) is 9.08. The summed E-state index contributed by atoms with van der Waals surface area (Å²) in [6, 6.07) is 13.7. The van der Waals surface area contributed by atoms with E-state index in [1.54, 1.807) is 30.6 Å². The summed E-state index contributed by atoms with van der Waals surface area (Å²) in [4.78, 5) is 16.6. The van der Waals surface area contributed by atoms with Crippen LogP contribution in [0, 0.1) is 12.7 Å². The van der Waals surface area contributed by atoms with Crippen LogP contribution in [0.25, 0.3) is 0 Å². The minimum atomic E-state index is -4.77. The van der Waals surface area contributed by atoms with Crippen LogP contribution >= 0.6 is 0 Å². The number of alkyl halides is 3. The smallest absolute Gasteiger partial charge is 0.299 e.